The summed E-state index contributed by atoms with van der Waals surface area (Å²) < 4.78 is 11.8. The van der Waals surface area contributed by atoms with Crippen molar-refractivity contribution in [2.24, 2.45) is 5.41 Å². The monoisotopic (exact) mass is 434 g/mol. The molecular weight excluding hydrogens is 404 g/mol. The van der Waals surface area contributed by atoms with E-state index in [1.165, 1.54) is 12.5 Å². The molecule has 2 saturated heterocycles. The Morgan fingerprint density at radius 1 is 1.09 bits per heavy atom. The highest BCUT2D eigenvalue weighted by atomic mass is 16.5. The van der Waals surface area contributed by atoms with Crippen molar-refractivity contribution in [3.8, 4) is 16.9 Å². The number of fused-ring (bicyclic) bond motifs is 1. The summed E-state index contributed by atoms with van der Waals surface area (Å²) in [7, 11) is 0. The molecule has 168 valence electrons. The second-order valence-corrected chi connectivity index (χ2v) is 9.17. The van der Waals surface area contributed by atoms with Crippen LogP contribution in [0.5, 0.6) is 5.75 Å². The van der Waals surface area contributed by atoms with Crippen molar-refractivity contribution < 1.29 is 14.6 Å². The van der Waals surface area contributed by atoms with Crippen molar-refractivity contribution in [1.82, 2.24) is 9.88 Å². The van der Waals surface area contributed by atoms with E-state index in [0.29, 0.717) is 17.7 Å². The van der Waals surface area contributed by atoms with Crippen LogP contribution in [-0.4, -0.2) is 60.5 Å². The fraction of sp³-hybridized carbons (Fsp3) is 0.423. The van der Waals surface area contributed by atoms with E-state index in [0.717, 1.165) is 61.0 Å². The number of β-amino-alcohol motifs (C(OH)–C–C–N with tert-alkyl or cyclic N) is 1. The normalized spacial score (nSPS) is 19.4. The number of nitrogens with zero attached hydrogens (tertiary/aromatic N) is 1. The van der Waals surface area contributed by atoms with Crippen LogP contribution < -0.4 is 10.3 Å². The van der Waals surface area contributed by atoms with Gasteiger partial charge in [0.1, 0.15) is 18.5 Å². The predicted octanol–water partition coefficient (Wildman–Crippen LogP) is 3.44. The van der Waals surface area contributed by atoms with Crippen molar-refractivity contribution in [2.75, 3.05) is 39.5 Å². The number of hydrogen-bond donors (Lipinski definition) is 2. The molecule has 3 aromatic rings. The van der Waals surface area contributed by atoms with Crippen molar-refractivity contribution in [2.45, 2.75) is 25.4 Å². The van der Waals surface area contributed by atoms with Crippen LogP contribution in [0.25, 0.3) is 21.9 Å². The lowest BCUT2D eigenvalue weighted by atomic mass is 9.78. The van der Waals surface area contributed by atoms with E-state index >= 15 is 0 Å². The number of piperidine rings is 1. The Labute approximate surface area is 187 Å². The number of benzene rings is 2. The van der Waals surface area contributed by atoms with Crippen molar-refractivity contribution >= 4 is 10.8 Å². The maximum absolute atomic E-state index is 11.6. The number of likely N-dealkylation sites (tertiary alicyclic amines) is 1. The number of H-pyrrole nitrogens is 1. The van der Waals surface area contributed by atoms with Gasteiger partial charge >= 0.3 is 0 Å². The molecule has 0 aliphatic carbocycles. The van der Waals surface area contributed by atoms with Crippen LogP contribution >= 0.6 is 0 Å². The molecule has 0 amide bonds. The summed E-state index contributed by atoms with van der Waals surface area (Å²) in [6.07, 6.45) is 4.59. The molecule has 0 saturated carbocycles. The maximum atomic E-state index is 11.6. The number of aromatic nitrogens is 1. The summed E-state index contributed by atoms with van der Waals surface area (Å²) in [6, 6.07) is 15.4. The zero-order valence-electron chi connectivity index (χ0n) is 18.3. The first kappa shape index (κ1) is 21.2. The van der Waals surface area contributed by atoms with Crippen LogP contribution in [-0.2, 0) is 4.74 Å². The number of nitrogens with one attached hydrogen (secondary N) is 1. The molecule has 1 aromatic heterocycles. The molecule has 2 aliphatic heterocycles. The summed E-state index contributed by atoms with van der Waals surface area (Å²) in [6.45, 7) is 4.61. The topological polar surface area (TPSA) is 74.8 Å². The van der Waals surface area contributed by atoms with E-state index in [1.54, 1.807) is 12.3 Å². The average molecular weight is 435 g/mol. The standard InChI is InChI=1S/C26H30N2O4/c29-21(16-28-12-9-26(10-13-28)11-14-31-18-26)17-32-23-7-5-19-3-1-2-4-22(19)25(23)20-6-8-24(30)27-15-20/h1-8,15,21,29H,9-14,16-18H2,(H,27,30). The number of rotatable bonds is 6. The highest BCUT2D eigenvalue weighted by Crippen LogP contribution is 2.39. The van der Waals surface area contributed by atoms with Gasteiger partial charge < -0.3 is 24.5 Å². The summed E-state index contributed by atoms with van der Waals surface area (Å²) in [5, 5.41) is 12.8. The van der Waals surface area contributed by atoms with Crippen LogP contribution in [0, 0.1) is 5.41 Å². The molecule has 2 aromatic carbocycles. The maximum Gasteiger partial charge on any atom is 0.247 e. The van der Waals surface area contributed by atoms with Gasteiger partial charge in [-0.05, 0) is 60.7 Å². The van der Waals surface area contributed by atoms with E-state index in [2.05, 4.69) is 22.0 Å². The zero-order valence-corrected chi connectivity index (χ0v) is 18.3. The smallest absolute Gasteiger partial charge is 0.247 e. The molecule has 6 heteroatoms. The number of aliphatic hydroxyl groups is 1. The third-order valence-electron chi connectivity index (χ3n) is 6.97. The van der Waals surface area contributed by atoms with Gasteiger partial charge in [0.15, 0.2) is 0 Å². The van der Waals surface area contributed by atoms with Crippen LogP contribution in [0.15, 0.2) is 59.5 Å². The van der Waals surface area contributed by atoms with E-state index in [9.17, 15) is 9.90 Å². The molecular formula is C26H30N2O4. The number of ether oxygens (including phenoxy) is 2. The Kier molecular flexibility index (Phi) is 6.00. The highest BCUT2D eigenvalue weighted by molar-refractivity contribution is 5.99. The van der Waals surface area contributed by atoms with Crippen molar-refractivity contribution in [1.29, 1.82) is 0 Å². The molecule has 1 atom stereocenters. The number of pyridine rings is 1. The summed E-state index contributed by atoms with van der Waals surface area (Å²) in [5.74, 6) is 0.704. The SMILES string of the molecule is O=c1ccc(-c2c(OCC(O)CN3CCC4(CCOC4)CC3)ccc3ccccc23)c[nH]1. The minimum absolute atomic E-state index is 0.139. The minimum atomic E-state index is -0.571. The Morgan fingerprint density at radius 2 is 1.94 bits per heavy atom. The van der Waals surface area contributed by atoms with Gasteiger partial charge in [-0.2, -0.15) is 0 Å². The molecule has 32 heavy (non-hydrogen) atoms. The Hall–Kier alpha value is -2.67. The number of aromatic amines is 1. The van der Waals surface area contributed by atoms with E-state index in [-0.39, 0.29) is 12.2 Å². The van der Waals surface area contributed by atoms with E-state index in [1.807, 2.05) is 24.3 Å². The van der Waals surface area contributed by atoms with Crippen LogP contribution in [0.1, 0.15) is 19.3 Å². The lowest BCUT2D eigenvalue weighted by molar-refractivity contribution is 0.0320. The van der Waals surface area contributed by atoms with Gasteiger partial charge in [0.25, 0.3) is 0 Å². The fourth-order valence-electron chi connectivity index (χ4n) is 5.03. The van der Waals surface area contributed by atoms with Gasteiger partial charge in [-0.3, -0.25) is 4.79 Å². The predicted molar refractivity (Wildman–Crippen MR) is 125 cm³/mol. The molecule has 3 heterocycles. The molecule has 2 aliphatic rings. The largest absolute Gasteiger partial charge is 0.490 e. The molecule has 5 rings (SSSR count). The molecule has 2 fully saturated rings. The first-order chi connectivity index (χ1) is 15.6. The number of hydrogen-bond acceptors (Lipinski definition) is 5. The quantitative estimate of drug-likeness (QED) is 0.622. The second-order valence-electron chi connectivity index (χ2n) is 9.17. The minimum Gasteiger partial charge on any atom is -0.490 e. The number of aliphatic hydroxyl groups excluding tert-OH is 1. The first-order valence-corrected chi connectivity index (χ1v) is 11.4. The molecule has 1 unspecified atom stereocenters. The Morgan fingerprint density at radius 3 is 2.69 bits per heavy atom. The fourth-order valence-corrected chi connectivity index (χ4v) is 5.03. The third kappa shape index (κ3) is 4.44. The van der Waals surface area contributed by atoms with Gasteiger partial charge in [-0.1, -0.05) is 30.3 Å². The van der Waals surface area contributed by atoms with Gasteiger partial charge in [0.2, 0.25) is 5.56 Å². The third-order valence-corrected chi connectivity index (χ3v) is 6.97. The summed E-state index contributed by atoms with van der Waals surface area (Å²) >= 11 is 0. The lowest BCUT2D eigenvalue weighted by Crippen LogP contribution is -2.44. The summed E-state index contributed by atoms with van der Waals surface area (Å²) in [5.41, 5.74) is 2.03. The molecule has 2 N–H and O–H groups in total. The van der Waals surface area contributed by atoms with Crippen LogP contribution in [0.3, 0.4) is 0 Å². The van der Waals surface area contributed by atoms with E-state index in [4.69, 9.17) is 9.47 Å². The van der Waals surface area contributed by atoms with Crippen molar-refractivity contribution in [3.63, 3.8) is 0 Å². The average Bonchev–Trinajstić information content (AvgIpc) is 3.28. The van der Waals surface area contributed by atoms with Gasteiger partial charge in [-0.15, -0.1) is 0 Å². The highest BCUT2D eigenvalue weighted by Gasteiger charge is 2.38. The Bertz CT molecular complexity index is 1110. The second kappa shape index (κ2) is 9.06. The Balaban J connectivity index is 1.28. The molecule has 1 spiro atoms. The summed E-state index contributed by atoms with van der Waals surface area (Å²) in [4.78, 5) is 16.6. The zero-order chi connectivity index (χ0) is 22.0. The molecule has 0 radical (unpaired) electrons. The molecule has 6 nitrogen and oxygen atoms in total. The lowest BCUT2D eigenvalue weighted by Gasteiger charge is -2.38. The van der Waals surface area contributed by atoms with Gasteiger partial charge in [-0.25, -0.2) is 0 Å². The van der Waals surface area contributed by atoms with Crippen molar-refractivity contribution in [3.05, 3.63) is 65.1 Å². The van der Waals surface area contributed by atoms with E-state index < -0.39 is 6.10 Å². The van der Waals surface area contributed by atoms with Crippen LogP contribution in [0.2, 0.25) is 0 Å². The van der Waals surface area contributed by atoms with Gasteiger partial charge in [0.05, 0.1) is 6.61 Å². The van der Waals surface area contributed by atoms with Gasteiger partial charge in [0, 0.05) is 36.5 Å². The molecule has 0 bridgehead atoms. The first-order valence-electron chi connectivity index (χ1n) is 11.4. The van der Waals surface area contributed by atoms with Crippen LogP contribution in [0.4, 0.5) is 0 Å².